The minimum absolute atomic E-state index is 0.0394. The van der Waals surface area contributed by atoms with Crippen molar-refractivity contribution in [1.82, 2.24) is 0 Å². The standard InChI is InChI=1S/C13H9NO3S/c14-18(16,17)8-5-6-10-9-3-1-2-4-11(9)13(15)12(10)7-8/h1-7H,(H2,14,16,17). The number of hydrogen-bond donors (Lipinski definition) is 1. The number of carbonyl (C=O) groups is 1. The fourth-order valence-corrected chi connectivity index (χ4v) is 2.72. The Morgan fingerprint density at radius 3 is 2.11 bits per heavy atom. The lowest BCUT2D eigenvalue weighted by Gasteiger charge is -2.02. The Morgan fingerprint density at radius 1 is 0.833 bits per heavy atom. The molecule has 0 aromatic heterocycles. The monoisotopic (exact) mass is 259 g/mol. The number of ketones is 1. The average molecular weight is 259 g/mol. The van der Waals surface area contributed by atoms with Crippen molar-refractivity contribution in [1.29, 1.82) is 0 Å². The van der Waals surface area contributed by atoms with Crippen LogP contribution < -0.4 is 5.14 Å². The maximum atomic E-state index is 12.1. The molecule has 2 aromatic rings. The average Bonchev–Trinajstić information content (AvgIpc) is 2.63. The summed E-state index contributed by atoms with van der Waals surface area (Å²) < 4.78 is 22.6. The molecule has 2 aromatic carbocycles. The molecule has 0 unspecified atom stereocenters. The summed E-state index contributed by atoms with van der Waals surface area (Å²) in [6, 6.07) is 11.6. The highest BCUT2D eigenvalue weighted by Crippen LogP contribution is 2.37. The fraction of sp³-hybridized carbons (Fsp3) is 0. The van der Waals surface area contributed by atoms with Gasteiger partial charge in [0.05, 0.1) is 4.90 Å². The molecule has 0 spiro atoms. The van der Waals surface area contributed by atoms with E-state index in [9.17, 15) is 13.2 Å². The van der Waals surface area contributed by atoms with Crippen molar-refractivity contribution in [2.75, 3.05) is 0 Å². The molecule has 0 aliphatic heterocycles. The van der Waals surface area contributed by atoms with Crippen molar-refractivity contribution in [2.24, 2.45) is 5.14 Å². The van der Waals surface area contributed by atoms with Crippen molar-refractivity contribution in [2.45, 2.75) is 4.90 Å². The summed E-state index contributed by atoms with van der Waals surface area (Å²) in [4.78, 5) is 12.1. The molecule has 0 radical (unpaired) electrons. The van der Waals surface area contributed by atoms with Gasteiger partial charge in [-0.1, -0.05) is 30.3 Å². The maximum absolute atomic E-state index is 12.1. The summed E-state index contributed by atoms with van der Waals surface area (Å²) in [7, 11) is -3.79. The highest BCUT2D eigenvalue weighted by Gasteiger charge is 2.27. The molecular formula is C13H9NO3S. The van der Waals surface area contributed by atoms with Crippen molar-refractivity contribution in [3.63, 3.8) is 0 Å². The van der Waals surface area contributed by atoms with Crippen LogP contribution in [0.25, 0.3) is 11.1 Å². The van der Waals surface area contributed by atoms with E-state index in [4.69, 9.17) is 5.14 Å². The Kier molecular flexibility index (Phi) is 2.17. The van der Waals surface area contributed by atoms with Gasteiger partial charge in [0.2, 0.25) is 10.0 Å². The second kappa shape index (κ2) is 3.51. The van der Waals surface area contributed by atoms with Crippen LogP contribution in [-0.2, 0) is 10.0 Å². The molecule has 0 fully saturated rings. The number of sulfonamides is 1. The lowest BCUT2D eigenvalue weighted by molar-refractivity contribution is 0.104. The summed E-state index contributed by atoms with van der Waals surface area (Å²) in [5.41, 5.74) is 2.57. The van der Waals surface area contributed by atoms with Gasteiger partial charge in [0, 0.05) is 11.1 Å². The number of nitrogens with two attached hydrogens (primary N) is 1. The first kappa shape index (κ1) is 11.1. The first-order valence-electron chi connectivity index (χ1n) is 5.29. The third-order valence-corrected chi connectivity index (χ3v) is 3.94. The van der Waals surface area contributed by atoms with Crippen molar-refractivity contribution < 1.29 is 13.2 Å². The highest BCUT2D eigenvalue weighted by atomic mass is 32.2. The van der Waals surface area contributed by atoms with E-state index in [1.165, 1.54) is 12.1 Å². The SMILES string of the molecule is NS(=O)(=O)c1ccc2c(c1)C(=O)c1ccccc1-2. The van der Waals surface area contributed by atoms with Gasteiger partial charge in [0.1, 0.15) is 0 Å². The van der Waals surface area contributed by atoms with E-state index in [2.05, 4.69) is 0 Å². The second-order valence-electron chi connectivity index (χ2n) is 4.13. The molecule has 0 bridgehead atoms. The molecule has 4 nitrogen and oxygen atoms in total. The van der Waals surface area contributed by atoms with E-state index in [-0.39, 0.29) is 10.7 Å². The summed E-state index contributed by atoms with van der Waals surface area (Å²) in [5.74, 6) is -0.161. The molecule has 0 heterocycles. The number of benzene rings is 2. The number of hydrogen-bond acceptors (Lipinski definition) is 3. The fourth-order valence-electron chi connectivity index (χ4n) is 2.18. The van der Waals surface area contributed by atoms with Crippen LogP contribution in [0.2, 0.25) is 0 Å². The summed E-state index contributed by atoms with van der Waals surface area (Å²) in [6.07, 6.45) is 0. The summed E-state index contributed by atoms with van der Waals surface area (Å²) >= 11 is 0. The van der Waals surface area contributed by atoms with E-state index in [0.29, 0.717) is 11.1 Å². The minimum Gasteiger partial charge on any atom is -0.289 e. The van der Waals surface area contributed by atoms with Crippen molar-refractivity contribution in [3.8, 4) is 11.1 Å². The first-order chi connectivity index (χ1) is 8.48. The number of primary sulfonamides is 1. The van der Waals surface area contributed by atoms with Crippen LogP contribution in [0, 0.1) is 0 Å². The molecule has 0 saturated carbocycles. The predicted molar refractivity (Wildman–Crippen MR) is 66.7 cm³/mol. The first-order valence-corrected chi connectivity index (χ1v) is 6.84. The molecule has 0 atom stereocenters. The Hall–Kier alpha value is -1.98. The Morgan fingerprint density at radius 2 is 1.44 bits per heavy atom. The van der Waals surface area contributed by atoms with Gasteiger partial charge in [-0.2, -0.15) is 0 Å². The number of fused-ring (bicyclic) bond motifs is 3. The van der Waals surface area contributed by atoms with E-state index < -0.39 is 10.0 Å². The van der Waals surface area contributed by atoms with Gasteiger partial charge < -0.3 is 0 Å². The van der Waals surface area contributed by atoms with Gasteiger partial charge in [-0.15, -0.1) is 0 Å². The normalized spacial score (nSPS) is 13.3. The van der Waals surface area contributed by atoms with Gasteiger partial charge in [0.15, 0.2) is 5.78 Å². The van der Waals surface area contributed by atoms with Crippen molar-refractivity contribution >= 4 is 15.8 Å². The minimum atomic E-state index is -3.79. The molecule has 18 heavy (non-hydrogen) atoms. The van der Waals surface area contributed by atoms with Crippen LogP contribution in [-0.4, -0.2) is 14.2 Å². The zero-order valence-corrected chi connectivity index (χ0v) is 10.1. The van der Waals surface area contributed by atoms with Crippen molar-refractivity contribution in [3.05, 3.63) is 53.6 Å². The third kappa shape index (κ3) is 1.48. The topological polar surface area (TPSA) is 77.2 Å². The van der Waals surface area contributed by atoms with Gasteiger partial charge in [-0.05, 0) is 23.3 Å². The molecule has 0 amide bonds. The zero-order chi connectivity index (χ0) is 12.9. The molecule has 5 heteroatoms. The third-order valence-electron chi connectivity index (χ3n) is 3.03. The highest BCUT2D eigenvalue weighted by molar-refractivity contribution is 7.89. The summed E-state index contributed by atoms with van der Waals surface area (Å²) in [5, 5.41) is 5.06. The quantitative estimate of drug-likeness (QED) is 0.720. The van der Waals surface area contributed by atoms with E-state index >= 15 is 0 Å². The van der Waals surface area contributed by atoms with Crippen LogP contribution in [0.3, 0.4) is 0 Å². The largest absolute Gasteiger partial charge is 0.289 e. The lowest BCUT2D eigenvalue weighted by Crippen LogP contribution is -2.12. The van der Waals surface area contributed by atoms with Crippen LogP contribution in [0.5, 0.6) is 0 Å². The molecule has 0 saturated heterocycles. The van der Waals surface area contributed by atoms with Gasteiger partial charge in [0.25, 0.3) is 0 Å². The summed E-state index contributed by atoms with van der Waals surface area (Å²) in [6.45, 7) is 0. The number of rotatable bonds is 1. The molecular weight excluding hydrogens is 250 g/mol. The van der Waals surface area contributed by atoms with E-state index in [0.717, 1.165) is 11.1 Å². The van der Waals surface area contributed by atoms with Gasteiger partial charge >= 0.3 is 0 Å². The van der Waals surface area contributed by atoms with Crippen LogP contribution in [0.15, 0.2) is 47.4 Å². The zero-order valence-electron chi connectivity index (χ0n) is 9.25. The van der Waals surface area contributed by atoms with E-state index in [1.807, 2.05) is 12.1 Å². The number of carbonyl (C=O) groups excluding carboxylic acids is 1. The van der Waals surface area contributed by atoms with Crippen LogP contribution in [0.1, 0.15) is 15.9 Å². The Balaban J connectivity index is 2.30. The van der Waals surface area contributed by atoms with Gasteiger partial charge in [-0.3, -0.25) is 4.79 Å². The molecule has 3 rings (SSSR count). The van der Waals surface area contributed by atoms with Crippen LogP contribution in [0.4, 0.5) is 0 Å². The Labute approximate surface area is 104 Å². The molecule has 2 N–H and O–H groups in total. The van der Waals surface area contributed by atoms with Gasteiger partial charge in [-0.25, -0.2) is 13.6 Å². The molecule has 1 aliphatic rings. The maximum Gasteiger partial charge on any atom is 0.238 e. The lowest BCUT2D eigenvalue weighted by atomic mass is 10.1. The predicted octanol–water partition coefficient (Wildman–Crippen LogP) is 1.55. The molecule has 90 valence electrons. The van der Waals surface area contributed by atoms with Crippen LogP contribution >= 0.6 is 0 Å². The van der Waals surface area contributed by atoms with E-state index in [1.54, 1.807) is 18.2 Å². The second-order valence-corrected chi connectivity index (χ2v) is 5.69. The smallest absolute Gasteiger partial charge is 0.238 e. The molecule has 1 aliphatic carbocycles. The Bertz CT molecular complexity index is 779.